The molecule has 1 amide bonds. The zero-order valence-corrected chi connectivity index (χ0v) is 48.4. The molecule has 6 heteroatoms. The van der Waals surface area contributed by atoms with Crippen molar-refractivity contribution >= 4 is 11.9 Å². The van der Waals surface area contributed by atoms with E-state index in [1.807, 2.05) is 0 Å². The minimum absolute atomic E-state index is 0.000576. The van der Waals surface area contributed by atoms with Gasteiger partial charge < -0.3 is 20.3 Å². The molecule has 0 aromatic rings. The van der Waals surface area contributed by atoms with Gasteiger partial charge in [0.25, 0.3) is 0 Å². The molecule has 2 atom stereocenters. The molecular formula is C66H125NO5. The first-order chi connectivity index (χ1) is 35.5. The summed E-state index contributed by atoms with van der Waals surface area (Å²) in [6, 6.07) is -0.549. The third-order valence-electron chi connectivity index (χ3n) is 14.9. The molecule has 0 heterocycles. The lowest BCUT2D eigenvalue weighted by Crippen LogP contribution is -2.45. The molecule has 72 heavy (non-hydrogen) atoms. The topological polar surface area (TPSA) is 95.9 Å². The predicted molar refractivity (Wildman–Crippen MR) is 315 cm³/mol. The SMILES string of the molecule is CCCCC/C=C\C/C=C\CCCCCCCCCCCC(=O)OCCCCCCCCCC/C=C\CCCCCCCCCC(=O)NC(CO)C(O)CCCCCCCCCCCCCCCCCCC. The zero-order chi connectivity index (χ0) is 52.2. The highest BCUT2D eigenvalue weighted by Gasteiger charge is 2.20. The minimum Gasteiger partial charge on any atom is -0.466 e. The van der Waals surface area contributed by atoms with Crippen molar-refractivity contribution in [3.63, 3.8) is 0 Å². The summed E-state index contributed by atoms with van der Waals surface area (Å²) in [4.78, 5) is 24.6. The van der Waals surface area contributed by atoms with E-state index < -0.39 is 12.1 Å². The van der Waals surface area contributed by atoms with Crippen LogP contribution in [0.15, 0.2) is 36.5 Å². The van der Waals surface area contributed by atoms with Crippen molar-refractivity contribution < 1.29 is 24.5 Å². The van der Waals surface area contributed by atoms with Crippen LogP contribution in [0.1, 0.15) is 348 Å². The number of aliphatic hydroxyl groups excluding tert-OH is 2. The van der Waals surface area contributed by atoms with Gasteiger partial charge in [-0.05, 0) is 83.5 Å². The Bertz CT molecular complexity index is 1170. The molecule has 0 aromatic heterocycles. The Morgan fingerprint density at radius 3 is 1.10 bits per heavy atom. The Labute approximate surface area is 449 Å². The van der Waals surface area contributed by atoms with Gasteiger partial charge in [-0.15, -0.1) is 0 Å². The summed E-state index contributed by atoms with van der Waals surface area (Å²) in [5.74, 6) is -0.0420. The molecule has 0 fully saturated rings. The fraction of sp³-hybridized carbons (Fsp3) is 0.879. The maximum Gasteiger partial charge on any atom is 0.305 e. The molecule has 0 saturated heterocycles. The molecule has 0 aliphatic rings. The summed E-state index contributed by atoms with van der Waals surface area (Å²) in [5.41, 5.74) is 0. The summed E-state index contributed by atoms with van der Waals surface area (Å²) >= 11 is 0. The Kier molecular flexibility index (Phi) is 60.0. The van der Waals surface area contributed by atoms with Crippen LogP contribution < -0.4 is 5.32 Å². The summed E-state index contributed by atoms with van der Waals surface area (Å²) in [6.07, 6.45) is 77.2. The Balaban J connectivity index is 3.43. The van der Waals surface area contributed by atoms with Gasteiger partial charge in [0, 0.05) is 12.8 Å². The second kappa shape index (κ2) is 61.6. The number of carbonyl (C=O) groups excluding carboxylic acids is 2. The summed E-state index contributed by atoms with van der Waals surface area (Å²) in [7, 11) is 0. The van der Waals surface area contributed by atoms with Crippen molar-refractivity contribution in [2.75, 3.05) is 13.2 Å². The number of aliphatic hydroxyl groups is 2. The zero-order valence-electron chi connectivity index (χ0n) is 48.4. The lowest BCUT2D eigenvalue weighted by atomic mass is 10.0. The fourth-order valence-electron chi connectivity index (χ4n) is 9.96. The molecule has 0 aliphatic carbocycles. The molecule has 0 rings (SSSR count). The van der Waals surface area contributed by atoms with Crippen molar-refractivity contribution in [1.29, 1.82) is 0 Å². The van der Waals surface area contributed by atoms with E-state index in [1.54, 1.807) is 0 Å². The van der Waals surface area contributed by atoms with E-state index in [9.17, 15) is 19.8 Å². The number of unbranched alkanes of at least 4 members (excludes halogenated alkanes) is 43. The van der Waals surface area contributed by atoms with Gasteiger partial charge >= 0.3 is 5.97 Å². The molecule has 0 bridgehead atoms. The first-order valence-corrected chi connectivity index (χ1v) is 32.2. The lowest BCUT2D eigenvalue weighted by Gasteiger charge is -2.22. The van der Waals surface area contributed by atoms with Crippen molar-refractivity contribution in [2.24, 2.45) is 0 Å². The van der Waals surface area contributed by atoms with Crippen molar-refractivity contribution in [3.8, 4) is 0 Å². The molecule has 0 radical (unpaired) electrons. The average Bonchev–Trinajstić information content (AvgIpc) is 3.38. The van der Waals surface area contributed by atoms with Gasteiger partial charge in [-0.25, -0.2) is 0 Å². The highest BCUT2D eigenvalue weighted by molar-refractivity contribution is 5.76. The highest BCUT2D eigenvalue weighted by atomic mass is 16.5. The summed E-state index contributed by atoms with van der Waals surface area (Å²) < 4.78 is 5.49. The van der Waals surface area contributed by atoms with Gasteiger partial charge in [-0.2, -0.15) is 0 Å². The summed E-state index contributed by atoms with van der Waals surface area (Å²) in [5, 5.41) is 23.3. The maximum atomic E-state index is 12.5. The van der Waals surface area contributed by atoms with Crippen LogP contribution in [-0.4, -0.2) is 47.4 Å². The van der Waals surface area contributed by atoms with Gasteiger partial charge in [0.1, 0.15) is 0 Å². The van der Waals surface area contributed by atoms with Gasteiger partial charge in [-0.1, -0.05) is 288 Å². The summed E-state index contributed by atoms with van der Waals surface area (Å²) in [6.45, 7) is 4.94. The van der Waals surface area contributed by atoms with Crippen LogP contribution in [0.5, 0.6) is 0 Å². The largest absolute Gasteiger partial charge is 0.466 e. The van der Waals surface area contributed by atoms with Gasteiger partial charge in [0.2, 0.25) is 5.91 Å². The Hall–Kier alpha value is -1.92. The van der Waals surface area contributed by atoms with E-state index in [4.69, 9.17) is 4.74 Å². The number of amides is 1. The maximum absolute atomic E-state index is 12.5. The standard InChI is InChI=1S/C66H125NO5/c1-3-5-7-9-11-13-15-17-19-21-23-28-32-36-40-44-48-52-56-60-66(71)72-61-57-53-49-45-41-37-33-29-25-22-24-27-31-35-39-43-47-51-55-59-65(70)67-63(62-68)64(69)58-54-50-46-42-38-34-30-26-20-18-16-14-12-10-8-6-4-2/h11,13,17,19,22,24,63-64,68-69H,3-10,12,14-16,18,20-21,23,25-62H2,1-2H3,(H,67,70)/b13-11-,19-17-,24-22-. The third-order valence-corrected chi connectivity index (χ3v) is 14.9. The molecule has 6 nitrogen and oxygen atoms in total. The number of carbonyl (C=O) groups is 2. The molecule has 2 unspecified atom stereocenters. The lowest BCUT2D eigenvalue weighted by molar-refractivity contribution is -0.143. The first kappa shape index (κ1) is 70.1. The van der Waals surface area contributed by atoms with Crippen LogP contribution in [0.25, 0.3) is 0 Å². The molecule has 0 aliphatic heterocycles. The number of hydrogen-bond acceptors (Lipinski definition) is 5. The van der Waals surface area contributed by atoms with E-state index in [-0.39, 0.29) is 18.5 Å². The van der Waals surface area contributed by atoms with Crippen molar-refractivity contribution in [1.82, 2.24) is 5.32 Å². The minimum atomic E-state index is -0.671. The Morgan fingerprint density at radius 1 is 0.389 bits per heavy atom. The average molecular weight is 1010 g/mol. The fourth-order valence-corrected chi connectivity index (χ4v) is 9.96. The number of esters is 1. The Morgan fingerprint density at radius 2 is 0.694 bits per heavy atom. The van der Waals surface area contributed by atoms with E-state index >= 15 is 0 Å². The molecule has 424 valence electrons. The number of allylic oxidation sites excluding steroid dienone is 6. The smallest absolute Gasteiger partial charge is 0.305 e. The van der Waals surface area contributed by atoms with Crippen LogP contribution in [0.4, 0.5) is 0 Å². The first-order valence-electron chi connectivity index (χ1n) is 32.2. The van der Waals surface area contributed by atoms with Crippen molar-refractivity contribution in [3.05, 3.63) is 36.5 Å². The van der Waals surface area contributed by atoms with E-state index in [0.717, 1.165) is 51.4 Å². The van der Waals surface area contributed by atoms with Gasteiger partial charge in [0.05, 0.1) is 25.4 Å². The number of nitrogens with one attached hydrogen (secondary N) is 1. The molecule has 3 N–H and O–H groups in total. The number of hydrogen-bond donors (Lipinski definition) is 3. The van der Waals surface area contributed by atoms with Crippen molar-refractivity contribution in [2.45, 2.75) is 360 Å². The molecule has 0 aromatic carbocycles. The molecule has 0 saturated carbocycles. The highest BCUT2D eigenvalue weighted by Crippen LogP contribution is 2.18. The second-order valence-corrected chi connectivity index (χ2v) is 22.1. The van der Waals surface area contributed by atoms with Gasteiger partial charge in [0.15, 0.2) is 0 Å². The normalized spacial score (nSPS) is 12.8. The third kappa shape index (κ3) is 57.4. The van der Waals surface area contributed by atoms with E-state index in [2.05, 4.69) is 55.6 Å². The second-order valence-electron chi connectivity index (χ2n) is 22.1. The van der Waals surface area contributed by atoms with Crippen LogP contribution >= 0.6 is 0 Å². The number of rotatable bonds is 60. The van der Waals surface area contributed by atoms with E-state index in [0.29, 0.717) is 25.9 Å². The van der Waals surface area contributed by atoms with Crippen LogP contribution in [0.3, 0.4) is 0 Å². The van der Waals surface area contributed by atoms with Crippen LogP contribution in [0.2, 0.25) is 0 Å². The monoisotopic (exact) mass is 1010 g/mol. The predicted octanol–water partition coefficient (Wildman–Crippen LogP) is 20.4. The molecule has 0 spiro atoms. The molecular weight excluding hydrogens is 887 g/mol. The van der Waals surface area contributed by atoms with Gasteiger partial charge in [-0.3, -0.25) is 9.59 Å². The van der Waals surface area contributed by atoms with E-state index in [1.165, 1.54) is 263 Å². The number of ether oxygens (including phenoxy) is 1. The van der Waals surface area contributed by atoms with Crippen LogP contribution in [-0.2, 0) is 14.3 Å². The van der Waals surface area contributed by atoms with Crippen LogP contribution in [0, 0.1) is 0 Å². The quantitative estimate of drug-likeness (QED) is 0.0320.